The normalized spacial score (nSPS) is 20.8. The van der Waals surface area contributed by atoms with Crippen LogP contribution in [0.5, 0.6) is 0 Å². The summed E-state index contributed by atoms with van der Waals surface area (Å²) < 4.78 is 6.10. The second kappa shape index (κ2) is 7.97. The maximum Gasteiger partial charge on any atom is 0.254 e. The molecule has 1 unspecified atom stereocenters. The van der Waals surface area contributed by atoms with Crippen LogP contribution in [-0.2, 0) is 0 Å². The number of nitrogens with zero attached hydrogens (tertiary/aromatic N) is 3. The Morgan fingerprint density at radius 2 is 1.86 bits per heavy atom. The second-order valence-corrected chi connectivity index (χ2v) is 8.33. The molecule has 1 saturated carbocycles. The van der Waals surface area contributed by atoms with Gasteiger partial charge in [0, 0.05) is 24.2 Å². The summed E-state index contributed by atoms with van der Waals surface area (Å²) in [6.07, 6.45) is 11.0. The van der Waals surface area contributed by atoms with Gasteiger partial charge in [0.05, 0.1) is 11.7 Å². The maximum atomic E-state index is 13.4. The van der Waals surface area contributed by atoms with E-state index in [9.17, 15) is 4.79 Å². The number of aromatic nitrogens is 2. The Kier molecular flexibility index (Phi) is 5.04. The highest BCUT2D eigenvalue weighted by Gasteiger charge is 2.30. The van der Waals surface area contributed by atoms with Crippen LogP contribution < -0.4 is 0 Å². The first-order valence-electron chi connectivity index (χ1n) is 10.9. The lowest BCUT2D eigenvalue weighted by Gasteiger charge is -2.35. The molecule has 0 N–H and O–H groups in total. The molecule has 0 radical (unpaired) electrons. The van der Waals surface area contributed by atoms with Gasteiger partial charge in [-0.15, -0.1) is 0 Å². The molecule has 29 heavy (non-hydrogen) atoms. The molecule has 1 atom stereocenters. The van der Waals surface area contributed by atoms with E-state index in [-0.39, 0.29) is 11.9 Å². The van der Waals surface area contributed by atoms with Gasteiger partial charge in [-0.2, -0.15) is 0 Å². The summed E-state index contributed by atoms with van der Waals surface area (Å²) in [5.41, 5.74) is 3.22. The first-order valence-corrected chi connectivity index (χ1v) is 10.9. The van der Waals surface area contributed by atoms with E-state index in [0.717, 1.165) is 61.3 Å². The molecule has 2 fully saturated rings. The summed E-state index contributed by atoms with van der Waals surface area (Å²) in [5.74, 6) is 1.32. The van der Waals surface area contributed by atoms with Crippen molar-refractivity contribution in [2.75, 3.05) is 6.54 Å². The molecule has 0 bridgehead atoms. The van der Waals surface area contributed by atoms with E-state index in [2.05, 4.69) is 4.98 Å². The summed E-state index contributed by atoms with van der Waals surface area (Å²) in [5, 5.41) is 0. The molecule has 2 aliphatic rings. The second-order valence-electron chi connectivity index (χ2n) is 8.33. The van der Waals surface area contributed by atoms with Gasteiger partial charge >= 0.3 is 0 Å². The topological polar surface area (TPSA) is 59.2 Å². The summed E-state index contributed by atoms with van der Waals surface area (Å²) >= 11 is 0. The lowest BCUT2D eigenvalue weighted by Crippen LogP contribution is -2.38. The van der Waals surface area contributed by atoms with E-state index in [1.165, 1.54) is 19.3 Å². The number of amides is 1. The quantitative estimate of drug-likeness (QED) is 0.582. The first kappa shape index (κ1) is 18.3. The van der Waals surface area contributed by atoms with Crippen LogP contribution >= 0.6 is 0 Å². The number of fused-ring (bicyclic) bond motifs is 1. The standard InChI is InChI=1S/C24H27N3O2/c28-24(27-15-7-5-11-21(27)19-10-4-6-14-25-19)18-12-13-20-22(16-18)29-23(26-20)17-8-2-1-3-9-17/h4,6,10,12-14,16-17,21H,1-3,5,7-9,11,15H2. The number of benzene rings is 1. The Bertz CT molecular complexity index is 992. The predicted octanol–water partition coefficient (Wildman–Crippen LogP) is 5.64. The fraction of sp³-hybridized carbons (Fsp3) is 0.458. The number of piperidine rings is 1. The molecule has 3 aromatic rings. The molecule has 1 aliphatic carbocycles. The van der Waals surface area contributed by atoms with Crippen LogP contribution in [0, 0.1) is 0 Å². The monoisotopic (exact) mass is 389 g/mol. The van der Waals surface area contributed by atoms with Gasteiger partial charge in [0.25, 0.3) is 5.91 Å². The highest BCUT2D eigenvalue weighted by molar-refractivity contribution is 5.97. The molecule has 1 amide bonds. The molecule has 150 valence electrons. The van der Waals surface area contributed by atoms with E-state index < -0.39 is 0 Å². The molecule has 5 rings (SSSR count). The molecule has 3 heterocycles. The average Bonchev–Trinajstić information content (AvgIpc) is 3.23. The van der Waals surface area contributed by atoms with Crippen LogP contribution in [0.1, 0.15) is 85.3 Å². The van der Waals surface area contributed by atoms with Crippen molar-refractivity contribution in [3.63, 3.8) is 0 Å². The molecule has 1 aliphatic heterocycles. The van der Waals surface area contributed by atoms with Gasteiger partial charge in [-0.05, 0) is 62.4 Å². The minimum atomic E-state index is 0.0423. The number of carbonyl (C=O) groups is 1. The Morgan fingerprint density at radius 1 is 1.00 bits per heavy atom. The molecule has 5 nitrogen and oxygen atoms in total. The van der Waals surface area contributed by atoms with E-state index in [1.54, 1.807) is 6.20 Å². The Labute approximate surface area is 171 Å². The van der Waals surface area contributed by atoms with E-state index in [4.69, 9.17) is 9.40 Å². The predicted molar refractivity (Wildman–Crippen MR) is 112 cm³/mol. The SMILES string of the molecule is O=C(c1ccc2nc(C3CCCCC3)oc2c1)N1CCCCC1c1ccccn1. The summed E-state index contributed by atoms with van der Waals surface area (Å²) in [4.78, 5) is 24.6. The van der Waals surface area contributed by atoms with Crippen molar-refractivity contribution in [3.8, 4) is 0 Å². The van der Waals surface area contributed by atoms with Crippen LogP contribution in [0.3, 0.4) is 0 Å². The van der Waals surface area contributed by atoms with Gasteiger partial charge < -0.3 is 9.32 Å². The molecule has 2 aromatic heterocycles. The van der Waals surface area contributed by atoms with Crippen molar-refractivity contribution in [1.29, 1.82) is 0 Å². The number of hydrogen-bond donors (Lipinski definition) is 0. The van der Waals surface area contributed by atoms with Crippen molar-refractivity contribution >= 4 is 17.0 Å². The Hall–Kier alpha value is -2.69. The fourth-order valence-corrected chi connectivity index (χ4v) is 4.82. The molecule has 5 heteroatoms. The Morgan fingerprint density at radius 3 is 2.69 bits per heavy atom. The fourth-order valence-electron chi connectivity index (χ4n) is 4.82. The number of oxazole rings is 1. The number of rotatable bonds is 3. The van der Waals surface area contributed by atoms with Gasteiger partial charge in [0.2, 0.25) is 0 Å². The minimum Gasteiger partial charge on any atom is -0.440 e. The summed E-state index contributed by atoms with van der Waals surface area (Å²) in [6, 6.07) is 11.7. The smallest absolute Gasteiger partial charge is 0.254 e. The Balaban J connectivity index is 1.42. The van der Waals surface area contributed by atoms with Gasteiger partial charge in [0.1, 0.15) is 5.52 Å². The molecular weight excluding hydrogens is 362 g/mol. The average molecular weight is 389 g/mol. The molecule has 0 spiro atoms. The van der Waals surface area contributed by atoms with Crippen LogP contribution in [0.2, 0.25) is 0 Å². The van der Waals surface area contributed by atoms with E-state index in [1.807, 2.05) is 41.3 Å². The third-order valence-electron chi connectivity index (χ3n) is 6.40. The summed E-state index contributed by atoms with van der Waals surface area (Å²) in [7, 11) is 0. The third-order valence-corrected chi connectivity index (χ3v) is 6.40. The third kappa shape index (κ3) is 3.66. The number of likely N-dealkylation sites (tertiary alicyclic amines) is 1. The van der Waals surface area contributed by atoms with Gasteiger partial charge in [0.15, 0.2) is 11.5 Å². The molecular formula is C24H27N3O2. The summed E-state index contributed by atoms with van der Waals surface area (Å²) in [6.45, 7) is 0.766. The first-order chi connectivity index (χ1) is 14.3. The zero-order chi connectivity index (χ0) is 19.6. The van der Waals surface area contributed by atoms with E-state index in [0.29, 0.717) is 11.5 Å². The van der Waals surface area contributed by atoms with Gasteiger partial charge in [-0.1, -0.05) is 25.3 Å². The van der Waals surface area contributed by atoms with Crippen molar-refractivity contribution in [2.24, 2.45) is 0 Å². The van der Waals surface area contributed by atoms with Crippen molar-refractivity contribution in [3.05, 3.63) is 59.7 Å². The van der Waals surface area contributed by atoms with Crippen LogP contribution in [-0.4, -0.2) is 27.3 Å². The highest BCUT2D eigenvalue weighted by atomic mass is 16.3. The number of hydrogen-bond acceptors (Lipinski definition) is 4. The zero-order valence-corrected chi connectivity index (χ0v) is 16.7. The molecule has 1 saturated heterocycles. The van der Waals surface area contributed by atoms with Crippen molar-refractivity contribution < 1.29 is 9.21 Å². The van der Waals surface area contributed by atoms with Gasteiger partial charge in [-0.3, -0.25) is 9.78 Å². The lowest BCUT2D eigenvalue weighted by molar-refractivity contribution is 0.0606. The van der Waals surface area contributed by atoms with Crippen LogP contribution in [0.4, 0.5) is 0 Å². The zero-order valence-electron chi connectivity index (χ0n) is 16.7. The minimum absolute atomic E-state index is 0.0423. The van der Waals surface area contributed by atoms with Crippen LogP contribution in [0.25, 0.3) is 11.1 Å². The van der Waals surface area contributed by atoms with Crippen molar-refractivity contribution in [1.82, 2.24) is 14.9 Å². The number of carbonyl (C=O) groups excluding carboxylic acids is 1. The van der Waals surface area contributed by atoms with Gasteiger partial charge in [-0.25, -0.2) is 4.98 Å². The lowest BCUT2D eigenvalue weighted by atomic mass is 9.89. The highest BCUT2D eigenvalue weighted by Crippen LogP contribution is 2.35. The van der Waals surface area contributed by atoms with E-state index >= 15 is 0 Å². The van der Waals surface area contributed by atoms with Crippen LogP contribution in [0.15, 0.2) is 47.0 Å². The van der Waals surface area contributed by atoms with Crippen molar-refractivity contribution in [2.45, 2.75) is 63.3 Å². The maximum absolute atomic E-state index is 13.4. The largest absolute Gasteiger partial charge is 0.440 e. The molecule has 1 aromatic carbocycles. The number of pyridine rings is 1.